The van der Waals surface area contributed by atoms with Gasteiger partial charge in [-0.1, -0.05) is 35.9 Å². The predicted octanol–water partition coefficient (Wildman–Crippen LogP) is 3.78. The monoisotopic (exact) mass is 225 g/mol. The molecule has 0 atom stereocenters. The van der Waals surface area contributed by atoms with Crippen molar-refractivity contribution in [2.75, 3.05) is 5.73 Å². The van der Waals surface area contributed by atoms with Crippen LogP contribution in [0, 0.1) is 20.8 Å². The summed E-state index contributed by atoms with van der Waals surface area (Å²) in [6, 6.07) is 12.9. The number of nitrogens with two attached hydrogens (primary N) is 1. The average Bonchev–Trinajstić information content (AvgIpc) is 2.26. The van der Waals surface area contributed by atoms with Crippen molar-refractivity contribution in [2.45, 2.75) is 27.2 Å². The third-order valence-electron chi connectivity index (χ3n) is 3.20. The molecule has 0 bridgehead atoms. The number of aryl methyl sites for hydroxylation is 3. The summed E-state index contributed by atoms with van der Waals surface area (Å²) >= 11 is 0. The molecule has 0 saturated heterocycles. The number of benzene rings is 2. The highest BCUT2D eigenvalue weighted by Crippen LogP contribution is 2.20. The van der Waals surface area contributed by atoms with E-state index in [1.54, 1.807) is 0 Å². The van der Waals surface area contributed by atoms with Crippen LogP contribution in [0.1, 0.15) is 27.8 Å². The Morgan fingerprint density at radius 3 is 2.41 bits per heavy atom. The molecular weight excluding hydrogens is 206 g/mol. The first-order valence-electron chi connectivity index (χ1n) is 5.97. The van der Waals surface area contributed by atoms with Crippen LogP contribution in [-0.4, -0.2) is 0 Å². The van der Waals surface area contributed by atoms with E-state index in [0.717, 1.165) is 12.1 Å². The minimum Gasteiger partial charge on any atom is -0.399 e. The second-order valence-corrected chi connectivity index (χ2v) is 4.80. The lowest BCUT2D eigenvalue weighted by atomic mass is 9.97. The Morgan fingerprint density at radius 1 is 0.941 bits per heavy atom. The highest BCUT2D eigenvalue weighted by molar-refractivity contribution is 5.52. The predicted molar refractivity (Wildman–Crippen MR) is 74.3 cm³/mol. The minimum atomic E-state index is 0.885. The van der Waals surface area contributed by atoms with Crippen LogP contribution in [0.15, 0.2) is 36.4 Å². The maximum atomic E-state index is 5.91. The Labute approximate surface area is 103 Å². The van der Waals surface area contributed by atoms with Crippen molar-refractivity contribution in [2.24, 2.45) is 0 Å². The van der Waals surface area contributed by atoms with E-state index in [1.165, 1.54) is 27.8 Å². The Balaban J connectivity index is 2.33. The summed E-state index contributed by atoms with van der Waals surface area (Å²) < 4.78 is 0. The van der Waals surface area contributed by atoms with Gasteiger partial charge in [0.25, 0.3) is 0 Å². The standard InChI is InChI=1S/C16H19N/c1-11-5-4-6-14(7-11)10-15-8-13(3)16(17)9-12(15)2/h4-9H,10,17H2,1-3H3. The van der Waals surface area contributed by atoms with E-state index in [1.807, 2.05) is 0 Å². The van der Waals surface area contributed by atoms with E-state index in [0.29, 0.717) is 0 Å². The number of nitrogen functional groups attached to an aromatic ring is 1. The highest BCUT2D eigenvalue weighted by Gasteiger charge is 2.03. The number of hydrogen-bond acceptors (Lipinski definition) is 1. The van der Waals surface area contributed by atoms with Crippen LogP contribution in [-0.2, 0) is 6.42 Å². The van der Waals surface area contributed by atoms with Gasteiger partial charge in [-0.05, 0) is 55.5 Å². The van der Waals surface area contributed by atoms with E-state index in [9.17, 15) is 0 Å². The molecule has 0 unspecified atom stereocenters. The lowest BCUT2D eigenvalue weighted by Gasteiger charge is -2.10. The van der Waals surface area contributed by atoms with E-state index in [-0.39, 0.29) is 0 Å². The van der Waals surface area contributed by atoms with E-state index >= 15 is 0 Å². The van der Waals surface area contributed by atoms with Gasteiger partial charge in [0.1, 0.15) is 0 Å². The maximum Gasteiger partial charge on any atom is 0.0346 e. The van der Waals surface area contributed by atoms with E-state index in [4.69, 9.17) is 5.73 Å². The zero-order valence-corrected chi connectivity index (χ0v) is 10.7. The van der Waals surface area contributed by atoms with Crippen LogP contribution in [0.5, 0.6) is 0 Å². The molecule has 0 aliphatic carbocycles. The molecule has 0 fully saturated rings. The molecule has 0 radical (unpaired) electrons. The fourth-order valence-corrected chi connectivity index (χ4v) is 2.13. The Morgan fingerprint density at radius 2 is 1.71 bits per heavy atom. The fourth-order valence-electron chi connectivity index (χ4n) is 2.13. The Bertz CT molecular complexity index is 541. The van der Waals surface area contributed by atoms with Gasteiger partial charge in [0, 0.05) is 5.69 Å². The molecule has 0 aliphatic rings. The number of hydrogen-bond donors (Lipinski definition) is 1. The molecule has 88 valence electrons. The van der Waals surface area contributed by atoms with Gasteiger partial charge in [-0.25, -0.2) is 0 Å². The Kier molecular flexibility index (Phi) is 3.19. The molecule has 0 heterocycles. The van der Waals surface area contributed by atoms with Crippen LogP contribution in [0.25, 0.3) is 0 Å². The molecule has 0 aromatic heterocycles. The molecule has 0 spiro atoms. The summed E-state index contributed by atoms with van der Waals surface area (Å²) in [4.78, 5) is 0. The van der Waals surface area contributed by atoms with Crippen LogP contribution >= 0.6 is 0 Å². The zero-order valence-electron chi connectivity index (χ0n) is 10.7. The molecule has 0 saturated carbocycles. The molecule has 1 heteroatoms. The topological polar surface area (TPSA) is 26.0 Å². The molecule has 0 aliphatic heterocycles. The average molecular weight is 225 g/mol. The molecule has 1 nitrogen and oxygen atoms in total. The molecule has 17 heavy (non-hydrogen) atoms. The first-order valence-corrected chi connectivity index (χ1v) is 5.97. The van der Waals surface area contributed by atoms with Gasteiger partial charge in [0.15, 0.2) is 0 Å². The second kappa shape index (κ2) is 4.62. The molecule has 2 aromatic rings. The summed E-state index contributed by atoms with van der Waals surface area (Å²) in [5.74, 6) is 0. The zero-order chi connectivity index (χ0) is 12.4. The summed E-state index contributed by atoms with van der Waals surface area (Å²) in [5.41, 5.74) is 13.3. The summed E-state index contributed by atoms with van der Waals surface area (Å²) in [5, 5.41) is 0. The van der Waals surface area contributed by atoms with Crippen molar-refractivity contribution in [1.29, 1.82) is 0 Å². The lowest BCUT2D eigenvalue weighted by Crippen LogP contribution is -1.97. The van der Waals surface area contributed by atoms with Gasteiger partial charge >= 0.3 is 0 Å². The van der Waals surface area contributed by atoms with E-state index < -0.39 is 0 Å². The second-order valence-electron chi connectivity index (χ2n) is 4.80. The van der Waals surface area contributed by atoms with Crippen molar-refractivity contribution in [3.05, 3.63) is 64.2 Å². The van der Waals surface area contributed by atoms with Crippen molar-refractivity contribution in [3.8, 4) is 0 Å². The number of rotatable bonds is 2. The van der Waals surface area contributed by atoms with Crippen molar-refractivity contribution in [3.63, 3.8) is 0 Å². The van der Waals surface area contributed by atoms with E-state index in [2.05, 4.69) is 57.2 Å². The van der Waals surface area contributed by atoms with Crippen molar-refractivity contribution >= 4 is 5.69 Å². The molecule has 2 aromatic carbocycles. The summed E-state index contributed by atoms with van der Waals surface area (Å²) in [6.45, 7) is 6.32. The van der Waals surface area contributed by atoms with Gasteiger partial charge in [-0.2, -0.15) is 0 Å². The van der Waals surface area contributed by atoms with Crippen LogP contribution in [0.4, 0.5) is 5.69 Å². The smallest absolute Gasteiger partial charge is 0.0346 e. The van der Waals surface area contributed by atoms with Crippen LogP contribution < -0.4 is 5.73 Å². The lowest BCUT2D eigenvalue weighted by molar-refractivity contribution is 1.14. The van der Waals surface area contributed by atoms with Gasteiger partial charge in [-0.3, -0.25) is 0 Å². The quantitative estimate of drug-likeness (QED) is 0.773. The summed E-state index contributed by atoms with van der Waals surface area (Å²) in [6.07, 6.45) is 0.981. The SMILES string of the molecule is Cc1cccc(Cc2cc(C)c(N)cc2C)c1. The molecule has 0 amide bonds. The van der Waals surface area contributed by atoms with Gasteiger partial charge in [-0.15, -0.1) is 0 Å². The fraction of sp³-hybridized carbons (Fsp3) is 0.250. The Hall–Kier alpha value is -1.76. The third-order valence-corrected chi connectivity index (χ3v) is 3.20. The molecule has 2 rings (SSSR count). The first kappa shape index (κ1) is 11.7. The van der Waals surface area contributed by atoms with Gasteiger partial charge < -0.3 is 5.73 Å². The highest BCUT2D eigenvalue weighted by atomic mass is 14.6. The van der Waals surface area contributed by atoms with Gasteiger partial charge in [0.05, 0.1) is 0 Å². The normalized spacial score (nSPS) is 10.5. The minimum absolute atomic E-state index is 0.885. The molecular formula is C16H19N. The largest absolute Gasteiger partial charge is 0.399 e. The van der Waals surface area contributed by atoms with Crippen molar-refractivity contribution in [1.82, 2.24) is 0 Å². The third kappa shape index (κ3) is 2.68. The van der Waals surface area contributed by atoms with Gasteiger partial charge in [0.2, 0.25) is 0 Å². The van der Waals surface area contributed by atoms with Crippen molar-refractivity contribution < 1.29 is 0 Å². The molecule has 2 N–H and O–H groups in total. The first-order chi connectivity index (χ1) is 8.06. The summed E-state index contributed by atoms with van der Waals surface area (Å²) in [7, 11) is 0. The maximum absolute atomic E-state index is 5.91. The van der Waals surface area contributed by atoms with Crippen LogP contribution in [0.3, 0.4) is 0 Å². The van der Waals surface area contributed by atoms with Crippen LogP contribution in [0.2, 0.25) is 0 Å². The number of anilines is 1.